The average Bonchev–Trinajstić information content (AvgIpc) is 2.35. The first-order valence-electron chi connectivity index (χ1n) is 6.33. The van der Waals surface area contributed by atoms with Crippen molar-refractivity contribution in [2.24, 2.45) is 0 Å². The Labute approximate surface area is 108 Å². The van der Waals surface area contributed by atoms with Gasteiger partial charge in [-0.05, 0) is 57.0 Å². The lowest BCUT2D eigenvalue weighted by Gasteiger charge is -2.44. The van der Waals surface area contributed by atoms with Crippen LogP contribution in [0, 0.1) is 6.92 Å². The Morgan fingerprint density at radius 3 is 2.56 bits per heavy atom. The quantitative estimate of drug-likeness (QED) is 0.668. The molecular weight excluding hydrogens is 220 g/mol. The van der Waals surface area contributed by atoms with Crippen molar-refractivity contribution < 1.29 is 0 Å². The highest BCUT2D eigenvalue weighted by Gasteiger charge is 2.28. The first-order valence-corrected chi connectivity index (χ1v) is 6.33. The van der Waals surface area contributed by atoms with Crippen molar-refractivity contribution in [1.82, 2.24) is 5.01 Å². The smallest absolute Gasteiger partial charge is 0.0707 e. The molecule has 2 heterocycles. The Bertz CT molecular complexity index is 606. The van der Waals surface area contributed by atoms with Gasteiger partial charge in [0.2, 0.25) is 0 Å². The molecular formula is C16H18N2. The van der Waals surface area contributed by atoms with Gasteiger partial charge in [0.15, 0.2) is 0 Å². The van der Waals surface area contributed by atoms with E-state index in [-0.39, 0.29) is 0 Å². The highest BCUT2D eigenvalue weighted by molar-refractivity contribution is 5.83. The van der Waals surface area contributed by atoms with E-state index in [0.29, 0.717) is 0 Å². The predicted molar refractivity (Wildman–Crippen MR) is 76.7 cm³/mol. The van der Waals surface area contributed by atoms with Gasteiger partial charge in [0.25, 0.3) is 0 Å². The second-order valence-corrected chi connectivity index (χ2v) is 4.99. The molecule has 2 nitrogen and oxygen atoms in total. The monoisotopic (exact) mass is 238 g/mol. The molecule has 1 aromatic rings. The first kappa shape index (κ1) is 11.1. The van der Waals surface area contributed by atoms with Crippen LogP contribution < -0.4 is 5.01 Å². The maximum absolute atomic E-state index is 2.27. The molecule has 0 aromatic heterocycles. The van der Waals surface area contributed by atoms with E-state index < -0.39 is 0 Å². The van der Waals surface area contributed by atoms with Gasteiger partial charge in [-0.25, -0.2) is 0 Å². The maximum Gasteiger partial charge on any atom is 0.0707 e. The molecule has 0 aliphatic carbocycles. The van der Waals surface area contributed by atoms with Crippen LogP contribution in [0.2, 0.25) is 0 Å². The summed E-state index contributed by atoms with van der Waals surface area (Å²) in [6.45, 7) is 8.73. The van der Waals surface area contributed by atoms with E-state index in [0.717, 1.165) is 0 Å². The molecule has 0 atom stereocenters. The molecule has 0 saturated heterocycles. The number of hydrogen-bond donors (Lipinski definition) is 0. The van der Waals surface area contributed by atoms with Crippen molar-refractivity contribution in [2.45, 2.75) is 27.7 Å². The van der Waals surface area contributed by atoms with Crippen LogP contribution in [-0.2, 0) is 0 Å². The summed E-state index contributed by atoms with van der Waals surface area (Å²) in [6.07, 6.45) is 6.38. The minimum atomic E-state index is 1.25. The van der Waals surface area contributed by atoms with E-state index in [4.69, 9.17) is 0 Å². The number of benzene rings is 1. The first-order chi connectivity index (χ1) is 8.61. The molecule has 2 aliphatic rings. The summed E-state index contributed by atoms with van der Waals surface area (Å²) in [7, 11) is 0. The molecule has 2 heteroatoms. The zero-order chi connectivity index (χ0) is 12.9. The molecule has 0 saturated carbocycles. The lowest BCUT2D eigenvalue weighted by atomic mass is 9.95. The van der Waals surface area contributed by atoms with Gasteiger partial charge in [0, 0.05) is 23.2 Å². The van der Waals surface area contributed by atoms with Gasteiger partial charge < -0.3 is 0 Å². The molecule has 0 amide bonds. The SMILES string of the molecule is CC1=CC=CN2c3cccc(C)c3C(C)=C(C)N12. The van der Waals surface area contributed by atoms with Crippen molar-refractivity contribution >= 4 is 11.3 Å². The van der Waals surface area contributed by atoms with Crippen LogP contribution in [0.4, 0.5) is 5.69 Å². The summed E-state index contributed by atoms with van der Waals surface area (Å²) in [5.74, 6) is 0. The maximum atomic E-state index is 2.27. The van der Waals surface area contributed by atoms with Crippen molar-refractivity contribution in [2.75, 3.05) is 5.01 Å². The van der Waals surface area contributed by atoms with E-state index in [9.17, 15) is 0 Å². The van der Waals surface area contributed by atoms with E-state index in [1.54, 1.807) is 0 Å². The summed E-state index contributed by atoms with van der Waals surface area (Å²) in [4.78, 5) is 0. The molecule has 92 valence electrons. The zero-order valence-corrected chi connectivity index (χ0v) is 11.4. The number of anilines is 1. The fourth-order valence-corrected chi connectivity index (χ4v) is 2.86. The van der Waals surface area contributed by atoms with E-state index in [1.807, 2.05) is 0 Å². The number of allylic oxidation sites excluding steroid dienone is 5. The number of hydrogen-bond acceptors (Lipinski definition) is 2. The number of hydrazine groups is 1. The molecule has 1 aromatic carbocycles. The van der Waals surface area contributed by atoms with E-state index in [2.05, 4.69) is 74.3 Å². The van der Waals surface area contributed by atoms with Gasteiger partial charge in [-0.15, -0.1) is 0 Å². The van der Waals surface area contributed by atoms with E-state index in [1.165, 1.54) is 33.8 Å². The molecule has 3 rings (SSSR count). The van der Waals surface area contributed by atoms with Crippen LogP contribution in [0.1, 0.15) is 31.9 Å². The van der Waals surface area contributed by atoms with Crippen LogP contribution in [0.5, 0.6) is 0 Å². The largest absolute Gasteiger partial charge is 0.258 e. The summed E-state index contributed by atoms with van der Waals surface area (Å²) < 4.78 is 0. The summed E-state index contributed by atoms with van der Waals surface area (Å²) >= 11 is 0. The average molecular weight is 238 g/mol. The van der Waals surface area contributed by atoms with Gasteiger partial charge in [-0.2, -0.15) is 0 Å². The highest BCUT2D eigenvalue weighted by atomic mass is 15.6. The van der Waals surface area contributed by atoms with E-state index >= 15 is 0 Å². The van der Waals surface area contributed by atoms with Crippen molar-refractivity contribution in [3.05, 3.63) is 59.1 Å². The fraction of sp³-hybridized carbons (Fsp3) is 0.250. The normalized spacial score (nSPS) is 17.7. The van der Waals surface area contributed by atoms with Crippen LogP contribution >= 0.6 is 0 Å². The summed E-state index contributed by atoms with van der Waals surface area (Å²) in [5, 5.41) is 4.51. The molecule has 0 unspecified atom stereocenters. The second kappa shape index (κ2) is 3.77. The zero-order valence-electron chi connectivity index (χ0n) is 11.4. The van der Waals surface area contributed by atoms with Crippen molar-refractivity contribution in [3.63, 3.8) is 0 Å². The number of aryl methyl sites for hydroxylation is 1. The van der Waals surface area contributed by atoms with Crippen LogP contribution in [0.25, 0.3) is 5.57 Å². The van der Waals surface area contributed by atoms with Crippen molar-refractivity contribution in [3.8, 4) is 0 Å². The number of fused-ring (bicyclic) bond motifs is 3. The minimum absolute atomic E-state index is 1.25. The number of rotatable bonds is 0. The Balaban J connectivity index is 2.30. The third kappa shape index (κ3) is 1.35. The lowest BCUT2D eigenvalue weighted by Crippen LogP contribution is -2.41. The van der Waals surface area contributed by atoms with Gasteiger partial charge >= 0.3 is 0 Å². The summed E-state index contributed by atoms with van der Waals surface area (Å²) in [6, 6.07) is 6.50. The third-order valence-electron chi connectivity index (χ3n) is 3.85. The topological polar surface area (TPSA) is 6.48 Å². The predicted octanol–water partition coefficient (Wildman–Crippen LogP) is 4.21. The molecule has 18 heavy (non-hydrogen) atoms. The van der Waals surface area contributed by atoms with Crippen molar-refractivity contribution in [1.29, 1.82) is 0 Å². The van der Waals surface area contributed by atoms with Gasteiger partial charge in [-0.1, -0.05) is 12.1 Å². The Morgan fingerprint density at radius 1 is 1.00 bits per heavy atom. The molecule has 0 bridgehead atoms. The molecule has 2 aliphatic heterocycles. The Kier molecular flexibility index (Phi) is 2.34. The van der Waals surface area contributed by atoms with Crippen LogP contribution in [0.3, 0.4) is 0 Å². The summed E-state index contributed by atoms with van der Waals surface area (Å²) in [5.41, 5.74) is 7.89. The highest BCUT2D eigenvalue weighted by Crippen LogP contribution is 2.41. The Hall–Kier alpha value is -1.96. The standard InChI is InChI=1S/C16H18N2/c1-11-7-5-9-15-16(11)13(3)14(4)18-12(2)8-6-10-17(15)18/h5-10H,1-4H3. The molecule has 0 radical (unpaired) electrons. The fourth-order valence-electron chi connectivity index (χ4n) is 2.86. The molecule has 0 spiro atoms. The second-order valence-electron chi connectivity index (χ2n) is 4.99. The Morgan fingerprint density at radius 2 is 1.78 bits per heavy atom. The van der Waals surface area contributed by atoms with Gasteiger partial charge in [-0.3, -0.25) is 10.0 Å². The lowest BCUT2D eigenvalue weighted by molar-refractivity contribution is 0.423. The van der Waals surface area contributed by atoms with Crippen LogP contribution in [0.15, 0.2) is 47.9 Å². The third-order valence-corrected chi connectivity index (χ3v) is 3.85. The number of nitrogens with zero attached hydrogens (tertiary/aromatic N) is 2. The minimum Gasteiger partial charge on any atom is -0.258 e. The molecule has 0 N–H and O–H groups in total. The van der Waals surface area contributed by atoms with Crippen LogP contribution in [-0.4, -0.2) is 5.01 Å². The van der Waals surface area contributed by atoms with Gasteiger partial charge in [0.1, 0.15) is 0 Å². The van der Waals surface area contributed by atoms with Gasteiger partial charge in [0.05, 0.1) is 5.69 Å². The molecule has 0 fully saturated rings.